The number of hydrogen-bond donors (Lipinski definition) is 1. The second-order valence-electron chi connectivity index (χ2n) is 6.08. The molecule has 5 heteroatoms. The minimum absolute atomic E-state index is 0.0129. The Hall–Kier alpha value is -2.82. The summed E-state index contributed by atoms with van der Waals surface area (Å²) >= 11 is 0. The number of ether oxygens (including phenoxy) is 1. The van der Waals surface area contributed by atoms with Crippen LogP contribution in [0.2, 0.25) is 0 Å². The molecule has 0 radical (unpaired) electrons. The Bertz CT molecular complexity index is 788. The van der Waals surface area contributed by atoms with Gasteiger partial charge in [0.2, 0.25) is 11.8 Å². The largest absolute Gasteiger partial charge is 0.495 e. The molecule has 25 heavy (non-hydrogen) atoms. The van der Waals surface area contributed by atoms with E-state index in [4.69, 9.17) is 4.74 Å². The van der Waals surface area contributed by atoms with Gasteiger partial charge >= 0.3 is 0 Å². The van der Waals surface area contributed by atoms with E-state index in [0.717, 1.165) is 17.7 Å². The van der Waals surface area contributed by atoms with Gasteiger partial charge in [-0.05, 0) is 30.2 Å². The van der Waals surface area contributed by atoms with Gasteiger partial charge in [-0.15, -0.1) is 0 Å². The first-order valence-electron chi connectivity index (χ1n) is 8.46. The number of carbonyl (C=O) groups excluding carboxylic acids is 2. The van der Waals surface area contributed by atoms with Crippen molar-refractivity contribution in [2.75, 3.05) is 23.9 Å². The van der Waals surface area contributed by atoms with Crippen molar-refractivity contribution < 1.29 is 14.3 Å². The summed E-state index contributed by atoms with van der Waals surface area (Å²) in [6.45, 7) is 2.46. The number of rotatable bonds is 5. The van der Waals surface area contributed by atoms with E-state index < -0.39 is 0 Å². The fourth-order valence-electron chi connectivity index (χ4n) is 3.17. The van der Waals surface area contributed by atoms with Crippen LogP contribution in [0.4, 0.5) is 11.4 Å². The minimum atomic E-state index is -0.373. The molecule has 1 aliphatic heterocycles. The number of benzene rings is 2. The van der Waals surface area contributed by atoms with Crippen molar-refractivity contribution in [3.05, 3.63) is 54.1 Å². The normalized spacial score (nSPS) is 16.8. The van der Waals surface area contributed by atoms with E-state index in [1.165, 1.54) is 0 Å². The predicted octanol–water partition coefficient (Wildman–Crippen LogP) is 3.25. The highest BCUT2D eigenvalue weighted by atomic mass is 16.5. The van der Waals surface area contributed by atoms with E-state index in [0.29, 0.717) is 18.0 Å². The van der Waals surface area contributed by atoms with Crippen LogP contribution in [0.1, 0.15) is 18.9 Å². The number of methoxy groups -OCH3 is 1. The summed E-state index contributed by atoms with van der Waals surface area (Å²) in [5.74, 6) is 0.0612. The van der Waals surface area contributed by atoms with Gasteiger partial charge in [-0.3, -0.25) is 9.59 Å². The third-order valence-corrected chi connectivity index (χ3v) is 4.52. The second-order valence-corrected chi connectivity index (χ2v) is 6.08. The van der Waals surface area contributed by atoms with Crippen LogP contribution in [0.5, 0.6) is 5.75 Å². The van der Waals surface area contributed by atoms with Gasteiger partial charge in [0, 0.05) is 18.7 Å². The minimum Gasteiger partial charge on any atom is -0.495 e. The number of nitrogens with one attached hydrogen (secondary N) is 1. The smallest absolute Gasteiger partial charge is 0.229 e. The Morgan fingerprint density at radius 1 is 1.20 bits per heavy atom. The van der Waals surface area contributed by atoms with Crippen molar-refractivity contribution in [1.29, 1.82) is 0 Å². The lowest BCUT2D eigenvalue weighted by molar-refractivity contribution is -0.122. The van der Waals surface area contributed by atoms with Gasteiger partial charge in [0.1, 0.15) is 5.75 Å². The lowest BCUT2D eigenvalue weighted by Crippen LogP contribution is -2.28. The molecule has 1 fully saturated rings. The topological polar surface area (TPSA) is 58.6 Å². The fraction of sp³-hybridized carbons (Fsp3) is 0.300. The van der Waals surface area contributed by atoms with E-state index in [9.17, 15) is 9.59 Å². The van der Waals surface area contributed by atoms with Gasteiger partial charge in [0.05, 0.1) is 18.7 Å². The van der Waals surface area contributed by atoms with Crippen molar-refractivity contribution in [3.63, 3.8) is 0 Å². The maximum atomic E-state index is 12.6. The molecule has 0 saturated carbocycles. The number of amides is 2. The summed E-state index contributed by atoms with van der Waals surface area (Å²) in [5, 5.41) is 2.88. The van der Waals surface area contributed by atoms with Crippen LogP contribution in [0, 0.1) is 5.92 Å². The predicted molar refractivity (Wildman–Crippen MR) is 97.9 cm³/mol. The molecule has 2 aromatic rings. The molecule has 2 amide bonds. The molecule has 1 N–H and O–H groups in total. The lowest BCUT2D eigenvalue weighted by Gasteiger charge is -2.20. The summed E-state index contributed by atoms with van der Waals surface area (Å²) in [6.07, 6.45) is 1.07. The molecule has 130 valence electrons. The summed E-state index contributed by atoms with van der Waals surface area (Å²) < 4.78 is 5.26. The Kier molecular flexibility index (Phi) is 5.03. The first-order valence-corrected chi connectivity index (χ1v) is 8.46. The van der Waals surface area contributed by atoms with E-state index in [2.05, 4.69) is 12.2 Å². The van der Waals surface area contributed by atoms with Crippen LogP contribution in [-0.4, -0.2) is 25.5 Å². The zero-order valence-corrected chi connectivity index (χ0v) is 14.5. The van der Waals surface area contributed by atoms with Crippen molar-refractivity contribution in [3.8, 4) is 5.75 Å². The highest BCUT2D eigenvalue weighted by molar-refractivity contribution is 6.04. The quantitative estimate of drug-likeness (QED) is 0.910. The molecule has 1 heterocycles. The molecular weight excluding hydrogens is 316 g/mol. The fourth-order valence-corrected chi connectivity index (χ4v) is 3.17. The Balaban J connectivity index is 1.75. The summed E-state index contributed by atoms with van der Waals surface area (Å²) in [4.78, 5) is 26.8. The van der Waals surface area contributed by atoms with Gasteiger partial charge in [-0.25, -0.2) is 0 Å². The van der Waals surface area contributed by atoms with E-state index in [1.54, 1.807) is 24.1 Å². The molecule has 1 atom stereocenters. The Labute approximate surface area is 147 Å². The molecule has 1 saturated heterocycles. The molecule has 3 rings (SSSR count). The standard InChI is InChI=1S/C20H22N2O3/c1-3-14-8-4-6-10-17(14)22-13-15(12-19(22)23)20(24)21-16-9-5-7-11-18(16)25-2/h4-11,15H,3,12-13H2,1-2H3,(H,21,24)/t15-/m1/s1. The van der Waals surface area contributed by atoms with E-state index in [1.807, 2.05) is 36.4 Å². The van der Waals surface area contributed by atoms with Crippen LogP contribution in [-0.2, 0) is 16.0 Å². The molecule has 2 aromatic carbocycles. The van der Waals surface area contributed by atoms with Crippen LogP contribution >= 0.6 is 0 Å². The first kappa shape index (κ1) is 17.0. The number of para-hydroxylation sites is 3. The van der Waals surface area contributed by atoms with E-state index >= 15 is 0 Å². The van der Waals surface area contributed by atoms with Crippen molar-refractivity contribution >= 4 is 23.2 Å². The van der Waals surface area contributed by atoms with Gasteiger partial charge in [-0.2, -0.15) is 0 Å². The first-order chi connectivity index (χ1) is 12.1. The maximum Gasteiger partial charge on any atom is 0.229 e. The average Bonchev–Trinajstić information content (AvgIpc) is 3.03. The summed E-state index contributed by atoms with van der Waals surface area (Å²) in [7, 11) is 1.56. The molecule has 0 aromatic heterocycles. The molecule has 0 bridgehead atoms. The third-order valence-electron chi connectivity index (χ3n) is 4.52. The van der Waals surface area contributed by atoms with Gasteiger partial charge in [-0.1, -0.05) is 37.3 Å². The molecule has 0 aliphatic carbocycles. The van der Waals surface area contributed by atoms with Crippen molar-refractivity contribution in [2.45, 2.75) is 19.8 Å². The number of nitrogens with zero attached hydrogens (tertiary/aromatic N) is 1. The summed E-state index contributed by atoms with van der Waals surface area (Å²) in [6, 6.07) is 15.1. The van der Waals surface area contributed by atoms with Crippen molar-refractivity contribution in [1.82, 2.24) is 0 Å². The number of aryl methyl sites for hydroxylation is 1. The number of hydrogen-bond acceptors (Lipinski definition) is 3. The Morgan fingerprint density at radius 2 is 1.92 bits per heavy atom. The van der Waals surface area contributed by atoms with E-state index in [-0.39, 0.29) is 24.2 Å². The van der Waals surface area contributed by atoms with Crippen LogP contribution in [0.15, 0.2) is 48.5 Å². The third kappa shape index (κ3) is 3.50. The molecule has 0 spiro atoms. The van der Waals surface area contributed by atoms with Crippen LogP contribution in [0.3, 0.4) is 0 Å². The van der Waals surface area contributed by atoms with Crippen LogP contribution < -0.4 is 15.0 Å². The highest BCUT2D eigenvalue weighted by Gasteiger charge is 2.36. The van der Waals surface area contributed by atoms with Gasteiger partial charge in [0.15, 0.2) is 0 Å². The van der Waals surface area contributed by atoms with Gasteiger partial charge < -0.3 is 15.0 Å². The zero-order chi connectivity index (χ0) is 17.8. The maximum absolute atomic E-state index is 12.6. The molecule has 5 nitrogen and oxygen atoms in total. The second kappa shape index (κ2) is 7.38. The molecular formula is C20H22N2O3. The number of carbonyl (C=O) groups is 2. The zero-order valence-electron chi connectivity index (χ0n) is 14.5. The number of anilines is 2. The van der Waals surface area contributed by atoms with Crippen LogP contribution in [0.25, 0.3) is 0 Å². The summed E-state index contributed by atoms with van der Waals surface area (Å²) in [5.41, 5.74) is 2.64. The van der Waals surface area contributed by atoms with Crippen molar-refractivity contribution in [2.24, 2.45) is 5.92 Å². The highest BCUT2D eigenvalue weighted by Crippen LogP contribution is 2.30. The molecule has 0 unspecified atom stereocenters. The Morgan fingerprint density at radius 3 is 2.68 bits per heavy atom. The average molecular weight is 338 g/mol. The lowest BCUT2D eigenvalue weighted by atomic mass is 10.1. The molecule has 1 aliphatic rings. The SMILES string of the molecule is CCc1ccccc1N1C[C@H](C(=O)Nc2ccccc2OC)CC1=O. The monoisotopic (exact) mass is 338 g/mol. The van der Waals surface area contributed by atoms with Gasteiger partial charge in [0.25, 0.3) is 0 Å².